The summed E-state index contributed by atoms with van der Waals surface area (Å²) >= 11 is 4.05. The lowest BCUT2D eigenvalue weighted by atomic mass is 10.2. The molecule has 0 bridgehead atoms. The molecule has 3 aromatic rings. The Morgan fingerprint density at radius 2 is 1.79 bits per heavy atom. The van der Waals surface area contributed by atoms with Crippen LogP contribution >= 0.6 is 12.8 Å². The van der Waals surface area contributed by atoms with Crippen LogP contribution in [0.5, 0.6) is 11.6 Å². The second kappa shape index (κ2) is 9.85. The average molecular weight is 398 g/mol. The monoisotopic (exact) mass is 397 g/mol. The third kappa shape index (κ3) is 5.29. The number of primary amides is 1. The molecule has 6 nitrogen and oxygen atoms in total. The van der Waals surface area contributed by atoms with Gasteiger partial charge in [-0.15, -0.1) is 0 Å². The van der Waals surface area contributed by atoms with Gasteiger partial charge >= 0.3 is 6.03 Å². The normalized spacial score (nSPS) is 10.6. The van der Waals surface area contributed by atoms with Crippen molar-refractivity contribution in [2.75, 3.05) is 17.5 Å². The molecule has 0 saturated heterocycles. The maximum atomic E-state index is 11.2. The van der Waals surface area contributed by atoms with Crippen molar-refractivity contribution >= 4 is 35.3 Å². The summed E-state index contributed by atoms with van der Waals surface area (Å²) in [5.41, 5.74) is 5.79. The van der Waals surface area contributed by atoms with Gasteiger partial charge in [0.15, 0.2) is 0 Å². The van der Waals surface area contributed by atoms with Crippen molar-refractivity contribution < 1.29 is 14.3 Å². The van der Waals surface area contributed by atoms with Crippen molar-refractivity contribution in [1.82, 2.24) is 4.98 Å². The number of unbranched alkanes of at least 4 members (excludes halogenated alkanes) is 2. The number of carbonyl (C=O) groups is 1. The third-order valence-corrected chi connectivity index (χ3v) is 4.63. The number of nitrogens with zero attached hydrogens (tertiary/aromatic N) is 2. The van der Waals surface area contributed by atoms with Gasteiger partial charge in [-0.05, 0) is 48.9 Å². The van der Waals surface area contributed by atoms with Crippen LogP contribution in [0.2, 0.25) is 0 Å². The largest absolute Gasteiger partial charge is 0.494 e. The van der Waals surface area contributed by atoms with Crippen LogP contribution < -0.4 is 19.5 Å². The molecule has 7 heteroatoms. The minimum atomic E-state index is -0.638. The van der Waals surface area contributed by atoms with Crippen LogP contribution in [0.15, 0.2) is 60.8 Å². The summed E-state index contributed by atoms with van der Waals surface area (Å²) in [5, 5.41) is 2.15. The summed E-state index contributed by atoms with van der Waals surface area (Å²) in [6.45, 7) is 1.20. The molecule has 3 rings (SSSR count). The fraction of sp³-hybridized carbons (Fsp3) is 0.238. The quantitative estimate of drug-likeness (QED) is 0.409. The molecule has 2 amide bonds. The molecule has 0 saturated carbocycles. The molecular weight excluding hydrogens is 374 g/mol. The first kappa shape index (κ1) is 19.8. The van der Waals surface area contributed by atoms with E-state index in [0.717, 1.165) is 34.3 Å². The Morgan fingerprint density at radius 1 is 1.00 bits per heavy atom. The van der Waals surface area contributed by atoms with Gasteiger partial charge < -0.3 is 15.2 Å². The predicted octanol–water partition coefficient (Wildman–Crippen LogP) is 4.59. The van der Waals surface area contributed by atoms with E-state index in [1.54, 1.807) is 24.4 Å². The highest BCUT2D eigenvalue weighted by molar-refractivity contribution is 7.82. The molecule has 0 atom stereocenters. The number of hydrogen-bond donors (Lipinski definition) is 2. The van der Waals surface area contributed by atoms with Crippen molar-refractivity contribution in [1.29, 1.82) is 0 Å². The second-order valence-electron chi connectivity index (χ2n) is 6.24. The number of nitrogens with two attached hydrogens (primary N) is 1. The van der Waals surface area contributed by atoms with Gasteiger partial charge in [0.05, 0.1) is 18.9 Å². The van der Waals surface area contributed by atoms with Gasteiger partial charge in [0.1, 0.15) is 5.75 Å². The lowest BCUT2D eigenvalue weighted by molar-refractivity contribution is 0.257. The number of hydrogen-bond acceptors (Lipinski definition) is 5. The third-order valence-electron chi connectivity index (χ3n) is 4.20. The van der Waals surface area contributed by atoms with Crippen LogP contribution in [-0.4, -0.2) is 24.2 Å². The second-order valence-corrected chi connectivity index (χ2v) is 6.64. The number of ether oxygens (including phenoxy) is 2. The number of thiol groups is 1. The molecule has 2 N–H and O–H groups in total. The van der Waals surface area contributed by atoms with E-state index >= 15 is 0 Å². The number of carbonyl (C=O) groups excluding carboxylic acids is 1. The number of urea groups is 1. The summed E-state index contributed by atoms with van der Waals surface area (Å²) in [4.78, 5) is 15.5. The Labute approximate surface area is 169 Å². The average Bonchev–Trinajstić information content (AvgIpc) is 2.72. The topological polar surface area (TPSA) is 77.7 Å². The van der Waals surface area contributed by atoms with Gasteiger partial charge in [-0.1, -0.05) is 37.1 Å². The van der Waals surface area contributed by atoms with E-state index in [-0.39, 0.29) is 0 Å². The fourth-order valence-electron chi connectivity index (χ4n) is 2.78. The minimum absolute atomic E-state index is 0.573. The van der Waals surface area contributed by atoms with E-state index in [1.165, 1.54) is 0 Å². The highest BCUT2D eigenvalue weighted by Gasteiger charge is 2.08. The Morgan fingerprint density at radius 3 is 2.61 bits per heavy atom. The number of aromatic nitrogens is 1. The lowest BCUT2D eigenvalue weighted by Crippen LogP contribution is -2.27. The van der Waals surface area contributed by atoms with Crippen molar-refractivity contribution in [3.8, 4) is 11.6 Å². The van der Waals surface area contributed by atoms with E-state index in [9.17, 15) is 4.79 Å². The van der Waals surface area contributed by atoms with Gasteiger partial charge in [-0.25, -0.2) is 14.1 Å². The lowest BCUT2D eigenvalue weighted by Gasteiger charge is -2.14. The summed E-state index contributed by atoms with van der Waals surface area (Å²) in [6.07, 6.45) is 4.56. The van der Waals surface area contributed by atoms with E-state index in [4.69, 9.17) is 15.2 Å². The van der Waals surface area contributed by atoms with Crippen molar-refractivity contribution in [3.05, 3.63) is 60.8 Å². The molecule has 0 aliphatic carbocycles. The molecule has 0 aliphatic heterocycles. The fourth-order valence-corrected chi connectivity index (χ4v) is 2.90. The number of fused-ring (bicyclic) bond motifs is 1. The molecule has 0 spiro atoms. The van der Waals surface area contributed by atoms with E-state index in [2.05, 4.69) is 17.8 Å². The molecule has 146 valence electrons. The van der Waals surface area contributed by atoms with Crippen LogP contribution in [0.25, 0.3) is 10.8 Å². The minimum Gasteiger partial charge on any atom is -0.494 e. The highest BCUT2D eigenvalue weighted by atomic mass is 32.1. The Kier molecular flexibility index (Phi) is 6.97. The summed E-state index contributed by atoms with van der Waals surface area (Å²) in [6, 6.07) is 16.5. The van der Waals surface area contributed by atoms with Gasteiger partial charge in [-0.2, -0.15) is 0 Å². The van der Waals surface area contributed by atoms with Gasteiger partial charge in [0, 0.05) is 17.6 Å². The Hall–Kier alpha value is -2.93. The van der Waals surface area contributed by atoms with E-state index in [0.29, 0.717) is 30.5 Å². The molecular formula is C21H23N3O3S. The summed E-state index contributed by atoms with van der Waals surface area (Å²) in [7, 11) is 0. The van der Waals surface area contributed by atoms with Crippen molar-refractivity contribution in [2.45, 2.75) is 19.3 Å². The van der Waals surface area contributed by atoms with Crippen LogP contribution in [0, 0.1) is 0 Å². The maximum absolute atomic E-state index is 11.2. The van der Waals surface area contributed by atoms with Crippen LogP contribution in [0.1, 0.15) is 19.3 Å². The Balaban J connectivity index is 1.37. The summed E-state index contributed by atoms with van der Waals surface area (Å²) in [5.74, 6) is 1.35. The molecule has 0 unspecified atom stereocenters. The molecule has 28 heavy (non-hydrogen) atoms. The highest BCUT2D eigenvalue weighted by Crippen LogP contribution is 2.23. The molecule has 1 heterocycles. The smallest absolute Gasteiger partial charge is 0.329 e. The number of pyridine rings is 1. The van der Waals surface area contributed by atoms with Crippen LogP contribution in [0.3, 0.4) is 0 Å². The standard InChI is InChI=1S/C21H23N3O3S/c22-21(25)24(28)17-8-6-9-18(15-17)26-13-4-1-5-14-27-20-19-10-3-2-7-16(19)11-12-23-20/h2-3,6-12,15,28H,1,4-5,13-14H2,(H2,22,25). The first-order valence-corrected chi connectivity index (χ1v) is 9.53. The Bertz CT molecular complexity index is 930. The molecule has 0 radical (unpaired) electrons. The van der Waals surface area contributed by atoms with Gasteiger partial charge in [-0.3, -0.25) is 0 Å². The van der Waals surface area contributed by atoms with E-state index in [1.807, 2.05) is 36.4 Å². The van der Waals surface area contributed by atoms with Crippen LogP contribution in [0.4, 0.5) is 10.5 Å². The zero-order chi connectivity index (χ0) is 19.8. The molecule has 1 aromatic heterocycles. The van der Waals surface area contributed by atoms with Gasteiger partial charge in [0.2, 0.25) is 5.88 Å². The number of amides is 2. The molecule has 0 fully saturated rings. The SMILES string of the molecule is NC(=O)N(S)c1cccc(OCCCCCOc2nccc3ccccc23)c1. The first-order valence-electron chi connectivity index (χ1n) is 9.13. The molecule has 0 aliphatic rings. The zero-order valence-electron chi connectivity index (χ0n) is 15.5. The first-order chi connectivity index (χ1) is 13.6. The number of anilines is 1. The van der Waals surface area contributed by atoms with Crippen molar-refractivity contribution in [3.63, 3.8) is 0 Å². The summed E-state index contributed by atoms with van der Waals surface area (Å²) < 4.78 is 12.6. The van der Waals surface area contributed by atoms with E-state index < -0.39 is 6.03 Å². The zero-order valence-corrected chi connectivity index (χ0v) is 16.3. The van der Waals surface area contributed by atoms with Gasteiger partial charge in [0.25, 0.3) is 0 Å². The predicted molar refractivity (Wildman–Crippen MR) is 114 cm³/mol. The van der Waals surface area contributed by atoms with Crippen molar-refractivity contribution in [2.24, 2.45) is 5.73 Å². The number of rotatable bonds is 9. The molecule has 2 aromatic carbocycles. The number of benzene rings is 2. The maximum Gasteiger partial charge on any atom is 0.329 e. The van der Waals surface area contributed by atoms with Crippen LogP contribution in [-0.2, 0) is 0 Å².